The van der Waals surface area contributed by atoms with Gasteiger partial charge in [-0.15, -0.1) is 0 Å². The van der Waals surface area contributed by atoms with Crippen LogP contribution in [0.15, 0.2) is 17.2 Å². The Labute approximate surface area is 113 Å². The van der Waals surface area contributed by atoms with E-state index in [-0.39, 0.29) is 17.2 Å². The number of hydrogen-bond acceptors (Lipinski definition) is 4. The first-order valence-corrected chi connectivity index (χ1v) is 7.03. The zero-order chi connectivity index (χ0) is 13.5. The second-order valence-electron chi connectivity index (χ2n) is 6.16. The van der Waals surface area contributed by atoms with Crippen molar-refractivity contribution in [3.05, 3.63) is 22.7 Å². The van der Waals surface area contributed by atoms with E-state index in [0.717, 1.165) is 32.3 Å². The molecule has 2 heterocycles. The lowest BCUT2D eigenvalue weighted by atomic mass is 9.94. The lowest BCUT2D eigenvalue weighted by Crippen LogP contribution is -2.41. The molecule has 1 atom stereocenters. The number of anilines is 1. The quantitative estimate of drug-likeness (QED) is 0.905. The fraction of sp³-hybridized carbons (Fsp3) is 0.714. The number of nitrogens with zero attached hydrogens (tertiary/aromatic N) is 2. The Morgan fingerprint density at radius 1 is 1.42 bits per heavy atom. The van der Waals surface area contributed by atoms with Gasteiger partial charge in [-0.2, -0.15) is 0 Å². The minimum Gasteiger partial charge on any atom is -0.375 e. The molecule has 2 aliphatic rings. The molecular formula is C14H21N3O2. The Morgan fingerprint density at radius 2 is 2.21 bits per heavy atom. The van der Waals surface area contributed by atoms with E-state index >= 15 is 0 Å². The van der Waals surface area contributed by atoms with E-state index in [9.17, 15) is 4.79 Å². The highest BCUT2D eigenvalue weighted by atomic mass is 16.5. The normalized spacial score (nSPS) is 26.1. The molecule has 2 fully saturated rings. The van der Waals surface area contributed by atoms with Crippen LogP contribution in [-0.2, 0) is 4.74 Å². The van der Waals surface area contributed by atoms with Gasteiger partial charge in [-0.25, -0.2) is 4.98 Å². The van der Waals surface area contributed by atoms with Gasteiger partial charge in [0.15, 0.2) is 5.82 Å². The molecule has 1 aliphatic carbocycles. The van der Waals surface area contributed by atoms with Crippen LogP contribution in [0.4, 0.5) is 5.82 Å². The van der Waals surface area contributed by atoms with Crippen LogP contribution in [0.25, 0.3) is 0 Å². The van der Waals surface area contributed by atoms with Gasteiger partial charge in [-0.1, -0.05) is 0 Å². The van der Waals surface area contributed by atoms with Crippen molar-refractivity contribution in [1.29, 1.82) is 0 Å². The summed E-state index contributed by atoms with van der Waals surface area (Å²) in [5.41, 5.74) is -0.116. The first-order chi connectivity index (χ1) is 9.05. The van der Waals surface area contributed by atoms with Crippen LogP contribution in [0.2, 0.25) is 0 Å². The molecule has 1 unspecified atom stereocenters. The third-order valence-electron chi connectivity index (χ3n) is 3.85. The zero-order valence-corrected chi connectivity index (χ0v) is 11.6. The summed E-state index contributed by atoms with van der Waals surface area (Å²) in [6.07, 6.45) is 7.53. The Balaban J connectivity index is 1.76. The smallest absolute Gasteiger partial charge is 0.293 e. The van der Waals surface area contributed by atoms with Crippen molar-refractivity contribution in [1.82, 2.24) is 9.55 Å². The van der Waals surface area contributed by atoms with E-state index in [1.165, 1.54) is 0 Å². The van der Waals surface area contributed by atoms with Crippen LogP contribution in [0.5, 0.6) is 0 Å². The van der Waals surface area contributed by atoms with Crippen molar-refractivity contribution in [2.45, 2.75) is 57.2 Å². The van der Waals surface area contributed by atoms with Gasteiger partial charge >= 0.3 is 0 Å². The molecule has 1 N–H and O–H groups in total. The SMILES string of the molecule is CC1(C)CC(Nc2nccn(C3CC3)c2=O)CCO1. The number of aromatic nitrogens is 2. The minimum absolute atomic E-state index is 0.00861. The molecule has 0 aromatic carbocycles. The molecule has 1 saturated carbocycles. The summed E-state index contributed by atoms with van der Waals surface area (Å²) in [6.45, 7) is 4.90. The van der Waals surface area contributed by atoms with Gasteiger partial charge in [0.25, 0.3) is 5.56 Å². The van der Waals surface area contributed by atoms with Crippen molar-refractivity contribution in [3.63, 3.8) is 0 Å². The van der Waals surface area contributed by atoms with Gasteiger partial charge in [0.05, 0.1) is 5.60 Å². The van der Waals surface area contributed by atoms with E-state index in [0.29, 0.717) is 11.9 Å². The second-order valence-corrected chi connectivity index (χ2v) is 6.16. The second kappa shape index (κ2) is 4.63. The van der Waals surface area contributed by atoms with Gasteiger partial charge in [0, 0.05) is 31.1 Å². The molecule has 1 aliphatic heterocycles. The average molecular weight is 263 g/mol. The lowest BCUT2D eigenvalue weighted by Gasteiger charge is -2.35. The van der Waals surface area contributed by atoms with Crippen molar-refractivity contribution in [3.8, 4) is 0 Å². The number of hydrogen-bond donors (Lipinski definition) is 1. The van der Waals surface area contributed by atoms with Crippen molar-refractivity contribution in [2.75, 3.05) is 11.9 Å². The van der Waals surface area contributed by atoms with Crippen molar-refractivity contribution < 1.29 is 4.74 Å². The van der Waals surface area contributed by atoms with E-state index < -0.39 is 0 Å². The third kappa shape index (κ3) is 2.81. The first-order valence-electron chi connectivity index (χ1n) is 7.03. The Bertz CT molecular complexity index is 520. The van der Waals surface area contributed by atoms with Gasteiger partial charge in [-0.05, 0) is 39.5 Å². The minimum atomic E-state index is -0.125. The van der Waals surface area contributed by atoms with Crippen LogP contribution >= 0.6 is 0 Å². The molecule has 0 amide bonds. The summed E-state index contributed by atoms with van der Waals surface area (Å²) in [6, 6.07) is 0.654. The summed E-state index contributed by atoms with van der Waals surface area (Å²) in [5.74, 6) is 0.483. The predicted molar refractivity (Wildman–Crippen MR) is 73.4 cm³/mol. The topological polar surface area (TPSA) is 56.2 Å². The van der Waals surface area contributed by atoms with Gasteiger partial charge < -0.3 is 14.6 Å². The molecule has 0 spiro atoms. The molecule has 104 valence electrons. The van der Waals surface area contributed by atoms with Crippen molar-refractivity contribution >= 4 is 5.82 Å². The number of ether oxygens (including phenoxy) is 1. The van der Waals surface area contributed by atoms with E-state index in [1.54, 1.807) is 17.0 Å². The molecule has 1 aromatic rings. The lowest BCUT2D eigenvalue weighted by molar-refractivity contribution is -0.0553. The average Bonchev–Trinajstić information content (AvgIpc) is 3.15. The van der Waals surface area contributed by atoms with Gasteiger partial charge in [0.1, 0.15) is 0 Å². The van der Waals surface area contributed by atoms with E-state index in [1.807, 2.05) is 0 Å². The van der Waals surface area contributed by atoms with Crippen LogP contribution in [0.3, 0.4) is 0 Å². The summed E-state index contributed by atoms with van der Waals surface area (Å²) in [5, 5.41) is 3.30. The fourth-order valence-electron chi connectivity index (χ4n) is 2.71. The van der Waals surface area contributed by atoms with Gasteiger partial charge in [-0.3, -0.25) is 4.79 Å². The first kappa shape index (κ1) is 12.7. The predicted octanol–water partition coefficient (Wildman–Crippen LogP) is 1.95. The standard InChI is InChI=1S/C14H21N3O2/c1-14(2)9-10(5-8-19-14)16-12-13(18)17(7-6-15-12)11-3-4-11/h6-7,10-11H,3-5,8-9H2,1-2H3,(H,15,16). The molecule has 0 radical (unpaired) electrons. The number of nitrogens with one attached hydrogen (secondary N) is 1. The van der Waals surface area contributed by atoms with Crippen LogP contribution in [0, 0.1) is 0 Å². The fourth-order valence-corrected chi connectivity index (χ4v) is 2.71. The largest absolute Gasteiger partial charge is 0.375 e. The Kier molecular flexibility index (Phi) is 3.09. The molecule has 5 heteroatoms. The van der Waals surface area contributed by atoms with Crippen LogP contribution in [0.1, 0.15) is 45.6 Å². The Hall–Kier alpha value is -1.36. The van der Waals surface area contributed by atoms with Crippen LogP contribution < -0.4 is 10.9 Å². The molecule has 3 rings (SSSR count). The van der Waals surface area contributed by atoms with Crippen LogP contribution in [-0.4, -0.2) is 27.8 Å². The summed E-state index contributed by atoms with van der Waals surface area (Å²) in [4.78, 5) is 16.5. The van der Waals surface area contributed by atoms with E-state index in [2.05, 4.69) is 24.1 Å². The zero-order valence-electron chi connectivity index (χ0n) is 11.6. The summed E-state index contributed by atoms with van der Waals surface area (Å²) in [7, 11) is 0. The monoisotopic (exact) mass is 263 g/mol. The molecule has 19 heavy (non-hydrogen) atoms. The molecule has 5 nitrogen and oxygen atoms in total. The number of rotatable bonds is 3. The van der Waals surface area contributed by atoms with E-state index in [4.69, 9.17) is 4.74 Å². The summed E-state index contributed by atoms with van der Waals surface area (Å²) < 4.78 is 7.50. The maximum Gasteiger partial charge on any atom is 0.293 e. The molecule has 0 bridgehead atoms. The highest BCUT2D eigenvalue weighted by Crippen LogP contribution is 2.33. The Morgan fingerprint density at radius 3 is 2.89 bits per heavy atom. The molecule has 1 saturated heterocycles. The van der Waals surface area contributed by atoms with Gasteiger partial charge in [0.2, 0.25) is 0 Å². The third-order valence-corrected chi connectivity index (χ3v) is 3.85. The van der Waals surface area contributed by atoms with Crippen molar-refractivity contribution in [2.24, 2.45) is 0 Å². The molecule has 1 aromatic heterocycles. The summed E-state index contributed by atoms with van der Waals surface area (Å²) >= 11 is 0. The highest BCUT2D eigenvalue weighted by Gasteiger charge is 2.30. The maximum atomic E-state index is 12.3. The highest BCUT2D eigenvalue weighted by molar-refractivity contribution is 5.33. The molecular weight excluding hydrogens is 242 g/mol. The maximum absolute atomic E-state index is 12.3.